The van der Waals surface area contributed by atoms with E-state index in [2.05, 4.69) is 0 Å². The lowest BCUT2D eigenvalue weighted by Gasteiger charge is -2.00. The predicted molar refractivity (Wildman–Crippen MR) is 113 cm³/mol. The summed E-state index contributed by atoms with van der Waals surface area (Å²) in [5, 5.41) is 0. The molecule has 0 saturated heterocycles. The summed E-state index contributed by atoms with van der Waals surface area (Å²) in [6, 6.07) is 20.5. The van der Waals surface area contributed by atoms with Crippen LogP contribution < -0.4 is 0 Å². The van der Waals surface area contributed by atoms with E-state index in [9.17, 15) is 19.2 Å². The van der Waals surface area contributed by atoms with Crippen LogP contribution in [-0.2, 0) is 0 Å². The highest BCUT2D eigenvalue weighted by atomic mass is 16.2. The van der Waals surface area contributed by atoms with Crippen LogP contribution in [0, 0.1) is 0 Å². The largest absolute Gasteiger partial charge is 0.288 e. The molecule has 0 N–H and O–H groups in total. The normalized spacial score (nSPS) is 14.8. The van der Waals surface area contributed by atoms with Crippen LogP contribution in [0.25, 0.3) is 12.2 Å². The highest BCUT2D eigenvalue weighted by Crippen LogP contribution is 2.29. The Hall–Kier alpha value is -4.18. The SMILES string of the molecule is O=C1C(=Cc2cccc(C=C3C(=O)c4ccccc4C3=O)c2)C(=O)c2ccccc21. The van der Waals surface area contributed by atoms with E-state index in [0.29, 0.717) is 33.4 Å². The lowest BCUT2D eigenvalue weighted by Crippen LogP contribution is -2.01. The number of rotatable bonds is 2. The second-order valence-electron chi connectivity index (χ2n) is 7.19. The van der Waals surface area contributed by atoms with Crippen molar-refractivity contribution in [2.45, 2.75) is 0 Å². The van der Waals surface area contributed by atoms with Crippen molar-refractivity contribution in [3.8, 4) is 0 Å². The number of ketones is 4. The quantitative estimate of drug-likeness (QED) is 0.473. The average molecular weight is 390 g/mol. The third kappa shape index (κ3) is 2.70. The third-order valence-electron chi connectivity index (χ3n) is 5.34. The molecule has 3 aromatic rings. The Balaban J connectivity index is 1.51. The van der Waals surface area contributed by atoms with Crippen LogP contribution in [-0.4, -0.2) is 23.1 Å². The van der Waals surface area contributed by atoms with Crippen molar-refractivity contribution in [3.05, 3.63) is 117 Å². The maximum absolute atomic E-state index is 12.6. The topological polar surface area (TPSA) is 68.3 Å². The summed E-state index contributed by atoms with van der Waals surface area (Å²) in [6.45, 7) is 0. The zero-order valence-corrected chi connectivity index (χ0v) is 15.7. The molecule has 3 aromatic carbocycles. The molecule has 142 valence electrons. The standard InChI is InChI=1S/C26H14O4/c27-23-17-8-1-2-9-18(17)24(28)21(23)13-15-6-5-7-16(12-15)14-22-25(29)19-10-3-4-11-20(19)26(22)30/h1-14H. The van der Waals surface area contributed by atoms with Gasteiger partial charge < -0.3 is 0 Å². The molecule has 0 saturated carbocycles. The molecular weight excluding hydrogens is 376 g/mol. The highest BCUT2D eigenvalue weighted by Gasteiger charge is 2.33. The molecule has 0 radical (unpaired) electrons. The van der Waals surface area contributed by atoms with Gasteiger partial charge in [0, 0.05) is 22.3 Å². The average Bonchev–Trinajstić information content (AvgIpc) is 3.15. The van der Waals surface area contributed by atoms with E-state index < -0.39 is 0 Å². The second-order valence-corrected chi connectivity index (χ2v) is 7.19. The molecule has 0 amide bonds. The van der Waals surface area contributed by atoms with Gasteiger partial charge in [0.2, 0.25) is 0 Å². The molecule has 0 unspecified atom stereocenters. The van der Waals surface area contributed by atoms with Crippen LogP contribution in [0.1, 0.15) is 52.6 Å². The van der Waals surface area contributed by atoms with E-state index in [0.717, 1.165) is 0 Å². The van der Waals surface area contributed by atoms with Gasteiger partial charge in [-0.25, -0.2) is 0 Å². The van der Waals surface area contributed by atoms with E-state index in [1.165, 1.54) is 0 Å². The van der Waals surface area contributed by atoms with E-state index in [1.807, 2.05) is 0 Å². The fourth-order valence-electron chi connectivity index (χ4n) is 3.88. The van der Waals surface area contributed by atoms with Crippen LogP contribution in [0.15, 0.2) is 83.9 Å². The minimum Gasteiger partial charge on any atom is -0.288 e. The van der Waals surface area contributed by atoms with Gasteiger partial charge in [0.25, 0.3) is 0 Å². The van der Waals surface area contributed by atoms with Gasteiger partial charge in [0.15, 0.2) is 23.1 Å². The maximum atomic E-state index is 12.6. The van der Waals surface area contributed by atoms with Gasteiger partial charge >= 0.3 is 0 Å². The van der Waals surface area contributed by atoms with Crippen LogP contribution in [0.2, 0.25) is 0 Å². The van der Waals surface area contributed by atoms with Crippen molar-refractivity contribution in [1.82, 2.24) is 0 Å². The van der Waals surface area contributed by atoms with Crippen LogP contribution in [0.5, 0.6) is 0 Å². The smallest absolute Gasteiger partial charge is 0.197 e. The zero-order valence-electron chi connectivity index (χ0n) is 15.7. The molecule has 2 aliphatic carbocycles. The predicted octanol–water partition coefficient (Wildman–Crippen LogP) is 4.61. The molecule has 5 rings (SSSR count). The molecular formula is C26H14O4. The Morgan fingerprint density at radius 3 is 1.10 bits per heavy atom. The van der Waals surface area contributed by atoms with E-state index >= 15 is 0 Å². The van der Waals surface area contributed by atoms with Gasteiger partial charge in [-0.3, -0.25) is 19.2 Å². The van der Waals surface area contributed by atoms with Crippen LogP contribution in [0.4, 0.5) is 0 Å². The number of carbonyl (C=O) groups excluding carboxylic acids is 4. The summed E-state index contributed by atoms with van der Waals surface area (Å²) in [7, 11) is 0. The lowest BCUT2D eigenvalue weighted by atomic mass is 10.0. The van der Waals surface area contributed by atoms with Gasteiger partial charge in [-0.2, -0.15) is 0 Å². The first-order valence-corrected chi connectivity index (χ1v) is 9.45. The van der Waals surface area contributed by atoms with E-state index in [4.69, 9.17) is 0 Å². The number of Topliss-reactive ketones (excluding diaryl/α,β-unsaturated/α-hetero) is 4. The number of fused-ring (bicyclic) bond motifs is 2. The summed E-state index contributed by atoms with van der Waals surface area (Å²) >= 11 is 0. The monoisotopic (exact) mass is 390 g/mol. The minimum atomic E-state index is -0.295. The van der Waals surface area contributed by atoms with E-state index in [-0.39, 0.29) is 34.3 Å². The molecule has 4 heteroatoms. The molecule has 0 spiro atoms. The number of hydrogen-bond donors (Lipinski definition) is 0. The van der Waals surface area contributed by atoms with Crippen molar-refractivity contribution in [2.24, 2.45) is 0 Å². The van der Waals surface area contributed by atoms with Gasteiger partial charge in [0.1, 0.15) is 0 Å². The van der Waals surface area contributed by atoms with Crippen molar-refractivity contribution in [3.63, 3.8) is 0 Å². The first-order chi connectivity index (χ1) is 14.5. The minimum absolute atomic E-state index is 0.112. The molecule has 0 fully saturated rings. The highest BCUT2D eigenvalue weighted by molar-refractivity contribution is 6.42. The van der Waals surface area contributed by atoms with Crippen molar-refractivity contribution < 1.29 is 19.2 Å². The summed E-state index contributed by atoms with van der Waals surface area (Å²) in [6.07, 6.45) is 3.11. The molecule has 0 aliphatic heterocycles. The van der Waals surface area contributed by atoms with Crippen molar-refractivity contribution >= 4 is 35.3 Å². The van der Waals surface area contributed by atoms with Crippen LogP contribution >= 0.6 is 0 Å². The van der Waals surface area contributed by atoms with Gasteiger partial charge in [-0.1, -0.05) is 66.7 Å². The molecule has 0 heterocycles. The van der Waals surface area contributed by atoms with E-state index in [1.54, 1.807) is 84.9 Å². The molecule has 0 bridgehead atoms. The Morgan fingerprint density at radius 1 is 0.433 bits per heavy atom. The van der Waals surface area contributed by atoms with Crippen LogP contribution in [0.3, 0.4) is 0 Å². The molecule has 2 aliphatic rings. The summed E-state index contributed by atoms with van der Waals surface area (Å²) in [5.74, 6) is -1.18. The Morgan fingerprint density at radius 2 is 0.767 bits per heavy atom. The van der Waals surface area contributed by atoms with Gasteiger partial charge in [-0.15, -0.1) is 0 Å². The first kappa shape index (κ1) is 17.9. The number of allylic oxidation sites excluding steroid dienone is 2. The second kappa shape index (κ2) is 6.71. The van der Waals surface area contributed by atoms with Gasteiger partial charge in [0.05, 0.1) is 11.1 Å². The third-order valence-corrected chi connectivity index (χ3v) is 5.34. The Kier molecular flexibility index (Phi) is 4.00. The van der Waals surface area contributed by atoms with Crippen molar-refractivity contribution in [1.29, 1.82) is 0 Å². The molecule has 0 aromatic heterocycles. The lowest BCUT2D eigenvalue weighted by molar-refractivity contribution is 0.0975. The number of carbonyl (C=O) groups is 4. The number of hydrogen-bond acceptors (Lipinski definition) is 4. The zero-order chi connectivity index (χ0) is 20.8. The van der Waals surface area contributed by atoms with Gasteiger partial charge in [-0.05, 0) is 29.3 Å². The summed E-state index contributed by atoms with van der Waals surface area (Å²) in [5.41, 5.74) is 3.15. The first-order valence-electron chi connectivity index (χ1n) is 9.45. The maximum Gasteiger partial charge on any atom is 0.197 e. The van der Waals surface area contributed by atoms with Crippen molar-refractivity contribution in [2.75, 3.05) is 0 Å². The summed E-state index contributed by atoms with van der Waals surface area (Å²) < 4.78 is 0. The fraction of sp³-hybridized carbons (Fsp3) is 0. The number of benzene rings is 3. The molecule has 30 heavy (non-hydrogen) atoms. The molecule has 0 atom stereocenters. The Labute approximate surface area is 172 Å². The Bertz CT molecular complexity index is 1180. The molecule has 4 nitrogen and oxygen atoms in total. The summed E-state index contributed by atoms with van der Waals surface area (Å²) in [4.78, 5) is 50.4. The fourth-order valence-corrected chi connectivity index (χ4v) is 3.88.